The van der Waals surface area contributed by atoms with Crippen LogP contribution in [-0.2, 0) is 14.3 Å². The van der Waals surface area contributed by atoms with E-state index in [4.69, 9.17) is 9.84 Å². The van der Waals surface area contributed by atoms with Crippen molar-refractivity contribution < 1.29 is 19.4 Å². The molecule has 0 aliphatic heterocycles. The number of hydrogen-bond acceptors (Lipinski definition) is 3. The van der Waals surface area contributed by atoms with E-state index < -0.39 is 5.97 Å². The molecule has 1 unspecified atom stereocenters. The van der Waals surface area contributed by atoms with E-state index in [2.05, 4.69) is 0 Å². The van der Waals surface area contributed by atoms with Crippen LogP contribution in [0.2, 0.25) is 0 Å². The van der Waals surface area contributed by atoms with Crippen LogP contribution in [0.3, 0.4) is 0 Å². The van der Waals surface area contributed by atoms with Crippen molar-refractivity contribution in [2.45, 2.75) is 53.1 Å². The Bertz CT molecular complexity index is 233. The highest BCUT2D eigenvalue weighted by Crippen LogP contribution is 2.20. The van der Waals surface area contributed by atoms with Crippen molar-refractivity contribution in [2.24, 2.45) is 11.8 Å². The summed E-state index contributed by atoms with van der Waals surface area (Å²) < 4.78 is 5.14. The van der Waals surface area contributed by atoms with Gasteiger partial charge in [-0.05, 0) is 32.6 Å². The zero-order valence-corrected chi connectivity index (χ0v) is 10.5. The number of carboxylic acid groups (broad SMARTS) is 1. The molecule has 0 radical (unpaired) electrons. The Labute approximate surface area is 97.0 Å². The minimum absolute atomic E-state index is 0.109. The van der Waals surface area contributed by atoms with E-state index in [0.717, 1.165) is 0 Å². The molecule has 0 aromatic rings. The molecule has 0 aromatic carbocycles. The van der Waals surface area contributed by atoms with Gasteiger partial charge in [0.15, 0.2) is 0 Å². The maximum atomic E-state index is 11.7. The van der Waals surface area contributed by atoms with Gasteiger partial charge >= 0.3 is 11.9 Å². The highest BCUT2D eigenvalue weighted by molar-refractivity contribution is 5.73. The summed E-state index contributed by atoms with van der Waals surface area (Å²) in [4.78, 5) is 22.1. The molecule has 0 aliphatic carbocycles. The summed E-state index contributed by atoms with van der Waals surface area (Å²) in [5, 5.41) is 8.53. The van der Waals surface area contributed by atoms with Gasteiger partial charge in [0.05, 0.1) is 12.0 Å². The third kappa shape index (κ3) is 6.43. The largest absolute Gasteiger partial charge is 0.481 e. The fourth-order valence-corrected chi connectivity index (χ4v) is 1.52. The number of ether oxygens (including phenoxy) is 1. The standard InChI is InChI=1S/C12H22O4/c1-8(2)10(6-5-7-11(13)14)12(15)16-9(3)4/h8-10H,5-7H2,1-4H3,(H,13,14). The molecular weight excluding hydrogens is 208 g/mol. The van der Waals surface area contributed by atoms with Crippen LogP contribution in [0.25, 0.3) is 0 Å². The molecule has 16 heavy (non-hydrogen) atoms. The minimum atomic E-state index is -0.820. The van der Waals surface area contributed by atoms with Gasteiger partial charge in [0.25, 0.3) is 0 Å². The molecule has 0 aliphatic rings. The summed E-state index contributed by atoms with van der Waals surface area (Å²) in [6.45, 7) is 7.53. The lowest BCUT2D eigenvalue weighted by molar-refractivity contribution is -0.154. The second kappa shape index (κ2) is 7.25. The van der Waals surface area contributed by atoms with Crippen LogP contribution in [0.1, 0.15) is 47.0 Å². The van der Waals surface area contributed by atoms with Gasteiger partial charge in [0, 0.05) is 6.42 Å². The molecule has 4 nitrogen and oxygen atoms in total. The van der Waals surface area contributed by atoms with Gasteiger partial charge in [-0.2, -0.15) is 0 Å². The summed E-state index contributed by atoms with van der Waals surface area (Å²) in [6.07, 6.45) is 1.09. The van der Waals surface area contributed by atoms with Crippen molar-refractivity contribution in [2.75, 3.05) is 0 Å². The van der Waals surface area contributed by atoms with Gasteiger partial charge in [-0.15, -0.1) is 0 Å². The summed E-state index contributed by atoms with van der Waals surface area (Å²) in [6, 6.07) is 0. The normalized spacial score (nSPS) is 12.9. The topological polar surface area (TPSA) is 63.6 Å². The molecule has 0 spiro atoms. The van der Waals surface area contributed by atoms with Crippen molar-refractivity contribution in [1.29, 1.82) is 0 Å². The van der Waals surface area contributed by atoms with E-state index in [1.165, 1.54) is 0 Å². The molecule has 0 saturated carbocycles. The monoisotopic (exact) mass is 230 g/mol. The molecule has 0 heterocycles. The molecule has 0 fully saturated rings. The number of rotatable bonds is 7. The highest BCUT2D eigenvalue weighted by Gasteiger charge is 2.24. The molecule has 0 amide bonds. The Balaban J connectivity index is 4.16. The zero-order chi connectivity index (χ0) is 12.7. The summed E-state index contributed by atoms with van der Waals surface area (Å²) in [5.41, 5.74) is 0. The first kappa shape index (κ1) is 14.9. The van der Waals surface area contributed by atoms with Crippen molar-refractivity contribution >= 4 is 11.9 Å². The van der Waals surface area contributed by atoms with E-state index in [-0.39, 0.29) is 30.3 Å². The molecule has 1 N–H and O–H groups in total. The average Bonchev–Trinajstić information content (AvgIpc) is 2.09. The second-order valence-corrected chi connectivity index (χ2v) is 4.62. The second-order valence-electron chi connectivity index (χ2n) is 4.62. The number of carbonyl (C=O) groups excluding carboxylic acids is 1. The SMILES string of the molecule is CC(C)OC(=O)C(CCCC(=O)O)C(C)C. The number of esters is 1. The van der Waals surface area contributed by atoms with Gasteiger partial charge < -0.3 is 9.84 Å². The molecule has 0 saturated heterocycles. The van der Waals surface area contributed by atoms with Crippen molar-refractivity contribution in [3.8, 4) is 0 Å². The van der Waals surface area contributed by atoms with Crippen molar-refractivity contribution in [3.63, 3.8) is 0 Å². The summed E-state index contributed by atoms with van der Waals surface area (Å²) in [7, 11) is 0. The smallest absolute Gasteiger partial charge is 0.309 e. The Morgan fingerprint density at radius 3 is 2.12 bits per heavy atom. The lowest BCUT2D eigenvalue weighted by Gasteiger charge is -2.20. The van der Waals surface area contributed by atoms with Gasteiger partial charge in [-0.3, -0.25) is 9.59 Å². The van der Waals surface area contributed by atoms with Crippen LogP contribution in [-0.4, -0.2) is 23.1 Å². The maximum absolute atomic E-state index is 11.7. The van der Waals surface area contributed by atoms with Crippen LogP contribution in [0.4, 0.5) is 0 Å². The molecule has 1 atom stereocenters. The highest BCUT2D eigenvalue weighted by atomic mass is 16.5. The number of aliphatic carboxylic acids is 1. The van der Waals surface area contributed by atoms with E-state index in [1.807, 2.05) is 27.7 Å². The van der Waals surface area contributed by atoms with E-state index in [1.54, 1.807) is 0 Å². The van der Waals surface area contributed by atoms with Crippen LogP contribution < -0.4 is 0 Å². The first-order valence-corrected chi connectivity index (χ1v) is 5.76. The maximum Gasteiger partial charge on any atom is 0.309 e. The van der Waals surface area contributed by atoms with Crippen LogP contribution in [0.15, 0.2) is 0 Å². The Morgan fingerprint density at radius 2 is 1.75 bits per heavy atom. The Kier molecular flexibility index (Phi) is 6.77. The van der Waals surface area contributed by atoms with Gasteiger partial charge in [0.2, 0.25) is 0 Å². The lowest BCUT2D eigenvalue weighted by atomic mass is 9.90. The third-order valence-corrected chi connectivity index (χ3v) is 2.37. The fraction of sp³-hybridized carbons (Fsp3) is 0.833. The molecule has 0 aromatic heterocycles. The van der Waals surface area contributed by atoms with Gasteiger partial charge in [0.1, 0.15) is 0 Å². The minimum Gasteiger partial charge on any atom is -0.481 e. The van der Waals surface area contributed by atoms with Crippen molar-refractivity contribution in [3.05, 3.63) is 0 Å². The van der Waals surface area contributed by atoms with Crippen molar-refractivity contribution in [1.82, 2.24) is 0 Å². The number of hydrogen-bond donors (Lipinski definition) is 1. The van der Waals surface area contributed by atoms with Crippen LogP contribution >= 0.6 is 0 Å². The van der Waals surface area contributed by atoms with E-state index >= 15 is 0 Å². The predicted octanol–water partition coefficient (Wildman–Crippen LogP) is 2.47. The molecule has 4 heteroatoms. The molecular formula is C12H22O4. The average molecular weight is 230 g/mol. The van der Waals surface area contributed by atoms with Crippen LogP contribution in [0.5, 0.6) is 0 Å². The van der Waals surface area contributed by atoms with E-state index in [9.17, 15) is 9.59 Å². The lowest BCUT2D eigenvalue weighted by Crippen LogP contribution is -2.25. The first-order chi connectivity index (χ1) is 7.34. The summed E-state index contributed by atoms with van der Waals surface area (Å²) >= 11 is 0. The summed E-state index contributed by atoms with van der Waals surface area (Å²) in [5.74, 6) is -1.04. The molecule has 0 bridgehead atoms. The molecule has 94 valence electrons. The Morgan fingerprint density at radius 1 is 1.19 bits per heavy atom. The third-order valence-electron chi connectivity index (χ3n) is 2.37. The number of carboxylic acids is 1. The van der Waals surface area contributed by atoms with E-state index in [0.29, 0.717) is 12.8 Å². The van der Waals surface area contributed by atoms with Gasteiger partial charge in [-0.25, -0.2) is 0 Å². The zero-order valence-electron chi connectivity index (χ0n) is 10.5. The molecule has 0 rings (SSSR count). The fourth-order valence-electron chi connectivity index (χ4n) is 1.52. The number of carbonyl (C=O) groups is 2. The first-order valence-electron chi connectivity index (χ1n) is 5.76. The Hall–Kier alpha value is -1.06. The quantitative estimate of drug-likeness (QED) is 0.682. The van der Waals surface area contributed by atoms with Gasteiger partial charge in [-0.1, -0.05) is 13.8 Å². The van der Waals surface area contributed by atoms with Crippen LogP contribution in [0, 0.1) is 11.8 Å². The predicted molar refractivity (Wildman–Crippen MR) is 61.0 cm³/mol.